The number of hydrogen-bond acceptors (Lipinski definition) is 3. The number of hydrazone groups is 1. The fourth-order valence-electron chi connectivity index (χ4n) is 1.56. The van der Waals surface area contributed by atoms with Crippen LogP contribution in [0.1, 0.15) is 5.56 Å². The second kappa shape index (κ2) is 6.47. The van der Waals surface area contributed by atoms with E-state index in [1.54, 1.807) is 13.2 Å². The Hall–Kier alpha value is -1.95. The lowest BCUT2D eigenvalue weighted by molar-refractivity contribution is 0.414. The molecule has 0 aliphatic carbocycles. The summed E-state index contributed by atoms with van der Waals surface area (Å²) in [6, 6.07) is 8.65. The first-order chi connectivity index (χ1) is 9.60. The average molecular weight is 341 g/mol. The quantitative estimate of drug-likeness (QED) is 0.669. The van der Waals surface area contributed by atoms with Gasteiger partial charge >= 0.3 is 0 Å². The zero-order valence-corrected chi connectivity index (χ0v) is 12.1. The van der Waals surface area contributed by atoms with Gasteiger partial charge in [0.1, 0.15) is 11.6 Å². The number of rotatable bonds is 4. The summed E-state index contributed by atoms with van der Waals surface area (Å²) in [5, 5.41) is 3.91. The van der Waals surface area contributed by atoms with Gasteiger partial charge in [-0.25, -0.2) is 8.78 Å². The minimum Gasteiger partial charge on any atom is -0.496 e. The Morgan fingerprint density at radius 2 is 2.00 bits per heavy atom. The minimum absolute atomic E-state index is 0.0941. The Balaban J connectivity index is 2.16. The van der Waals surface area contributed by atoms with Crippen molar-refractivity contribution >= 4 is 27.8 Å². The van der Waals surface area contributed by atoms with E-state index in [4.69, 9.17) is 4.74 Å². The normalized spacial score (nSPS) is 10.8. The van der Waals surface area contributed by atoms with E-state index in [0.717, 1.165) is 22.2 Å². The van der Waals surface area contributed by atoms with Crippen molar-refractivity contribution < 1.29 is 13.5 Å². The van der Waals surface area contributed by atoms with Gasteiger partial charge < -0.3 is 4.74 Å². The van der Waals surface area contributed by atoms with E-state index in [0.29, 0.717) is 5.75 Å². The molecular formula is C14H11BrF2N2O. The number of hydrogen-bond donors (Lipinski definition) is 1. The van der Waals surface area contributed by atoms with Gasteiger partial charge in [-0.05, 0) is 30.3 Å². The summed E-state index contributed by atoms with van der Waals surface area (Å²) in [5.74, 6) is -0.702. The smallest absolute Gasteiger partial charge is 0.151 e. The molecular weight excluding hydrogens is 330 g/mol. The van der Waals surface area contributed by atoms with Crippen LogP contribution in [0.4, 0.5) is 14.5 Å². The molecule has 0 heterocycles. The van der Waals surface area contributed by atoms with E-state index in [1.165, 1.54) is 12.3 Å². The highest BCUT2D eigenvalue weighted by atomic mass is 79.9. The van der Waals surface area contributed by atoms with Crippen LogP contribution in [0.25, 0.3) is 0 Å². The van der Waals surface area contributed by atoms with Crippen molar-refractivity contribution in [1.82, 2.24) is 0 Å². The van der Waals surface area contributed by atoms with Gasteiger partial charge in [0, 0.05) is 16.1 Å². The third-order valence-corrected chi connectivity index (χ3v) is 3.00. The molecule has 0 spiro atoms. The van der Waals surface area contributed by atoms with Crippen LogP contribution in [0.15, 0.2) is 46.0 Å². The molecule has 0 fully saturated rings. The van der Waals surface area contributed by atoms with Crippen molar-refractivity contribution in [3.8, 4) is 5.75 Å². The second-order valence-corrected chi connectivity index (χ2v) is 4.80. The van der Waals surface area contributed by atoms with Gasteiger partial charge in [-0.15, -0.1) is 0 Å². The van der Waals surface area contributed by atoms with Crippen molar-refractivity contribution in [3.63, 3.8) is 0 Å². The Morgan fingerprint density at radius 1 is 1.20 bits per heavy atom. The first kappa shape index (κ1) is 14.5. The molecule has 2 rings (SSSR count). The maximum absolute atomic E-state index is 13.4. The summed E-state index contributed by atoms with van der Waals surface area (Å²) >= 11 is 3.34. The highest BCUT2D eigenvalue weighted by molar-refractivity contribution is 9.10. The monoisotopic (exact) mass is 340 g/mol. The van der Waals surface area contributed by atoms with Crippen LogP contribution in [0.5, 0.6) is 5.75 Å². The van der Waals surface area contributed by atoms with Crippen molar-refractivity contribution in [1.29, 1.82) is 0 Å². The molecule has 3 nitrogen and oxygen atoms in total. The molecule has 0 radical (unpaired) electrons. The van der Waals surface area contributed by atoms with Crippen LogP contribution in [0, 0.1) is 11.6 Å². The van der Waals surface area contributed by atoms with Gasteiger partial charge in [-0.1, -0.05) is 15.9 Å². The Labute approximate surface area is 123 Å². The van der Waals surface area contributed by atoms with Gasteiger partial charge in [0.05, 0.1) is 19.0 Å². The van der Waals surface area contributed by atoms with E-state index >= 15 is 0 Å². The van der Waals surface area contributed by atoms with Crippen LogP contribution in [-0.4, -0.2) is 13.3 Å². The molecule has 0 aliphatic rings. The van der Waals surface area contributed by atoms with Gasteiger partial charge in [0.25, 0.3) is 0 Å². The van der Waals surface area contributed by atoms with E-state index in [2.05, 4.69) is 26.5 Å². The molecule has 0 aromatic heterocycles. The van der Waals surface area contributed by atoms with Crippen molar-refractivity contribution in [2.45, 2.75) is 0 Å². The number of halogens is 3. The summed E-state index contributed by atoms with van der Waals surface area (Å²) < 4.78 is 32.2. The van der Waals surface area contributed by atoms with Gasteiger partial charge in [0.2, 0.25) is 0 Å². The number of nitrogens with zero attached hydrogens (tertiary/aromatic N) is 1. The molecule has 0 saturated carbocycles. The Bertz CT molecular complexity index is 647. The van der Waals surface area contributed by atoms with Gasteiger partial charge in [-0.3, -0.25) is 5.43 Å². The standard InChI is InChI=1S/C14H11BrF2N2O/c1-20-14-5-2-10(15)6-9(14)8-18-19-13-4-3-11(16)7-12(13)17/h2-8,19H,1H3/b18-8+. The molecule has 104 valence electrons. The van der Waals surface area contributed by atoms with Crippen LogP contribution in [0.3, 0.4) is 0 Å². The Kier molecular flexibility index (Phi) is 4.68. The first-order valence-electron chi connectivity index (χ1n) is 5.68. The number of anilines is 1. The second-order valence-electron chi connectivity index (χ2n) is 3.88. The molecule has 0 amide bonds. The lowest BCUT2D eigenvalue weighted by Crippen LogP contribution is -1.96. The molecule has 0 unspecified atom stereocenters. The van der Waals surface area contributed by atoms with E-state index < -0.39 is 11.6 Å². The van der Waals surface area contributed by atoms with E-state index in [-0.39, 0.29) is 5.69 Å². The summed E-state index contributed by atoms with van der Waals surface area (Å²) in [4.78, 5) is 0. The lowest BCUT2D eigenvalue weighted by Gasteiger charge is -2.05. The van der Waals surface area contributed by atoms with E-state index in [9.17, 15) is 8.78 Å². The summed E-state index contributed by atoms with van der Waals surface area (Å²) in [5.41, 5.74) is 3.33. The SMILES string of the molecule is COc1ccc(Br)cc1/C=N/Nc1ccc(F)cc1F. The van der Waals surface area contributed by atoms with Crippen LogP contribution in [0.2, 0.25) is 0 Å². The molecule has 2 aromatic carbocycles. The summed E-state index contributed by atoms with van der Waals surface area (Å²) in [6.07, 6.45) is 1.49. The molecule has 1 N–H and O–H groups in total. The number of methoxy groups -OCH3 is 1. The van der Waals surface area contributed by atoms with Crippen molar-refractivity contribution in [2.24, 2.45) is 5.10 Å². The molecule has 0 bridgehead atoms. The minimum atomic E-state index is -0.705. The summed E-state index contributed by atoms with van der Waals surface area (Å²) in [6.45, 7) is 0. The zero-order chi connectivity index (χ0) is 14.5. The number of benzene rings is 2. The molecule has 20 heavy (non-hydrogen) atoms. The lowest BCUT2D eigenvalue weighted by atomic mass is 10.2. The number of ether oxygens (including phenoxy) is 1. The maximum atomic E-state index is 13.4. The predicted molar refractivity (Wildman–Crippen MR) is 78.3 cm³/mol. The van der Waals surface area contributed by atoms with Crippen LogP contribution in [-0.2, 0) is 0 Å². The highest BCUT2D eigenvalue weighted by Crippen LogP contribution is 2.21. The molecule has 6 heteroatoms. The van der Waals surface area contributed by atoms with E-state index in [1.807, 2.05) is 12.1 Å². The highest BCUT2D eigenvalue weighted by Gasteiger charge is 2.03. The fourth-order valence-corrected chi connectivity index (χ4v) is 1.94. The predicted octanol–water partition coefficient (Wildman–Crippen LogP) is 4.18. The largest absolute Gasteiger partial charge is 0.496 e. The summed E-state index contributed by atoms with van der Waals surface area (Å²) in [7, 11) is 1.55. The first-order valence-corrected chi connectivity index (χ1v) is 6.47. The fraction of sp³-hybridized carbons (Fsp3) is 0.0714. The van der Waals surface area contributed by atoms with Gasteiger partial charge in [-0.2, -0.15) is 5.10 Å². The molecule has 2 aromatic rings. The van der Waals surface area contributed by atoms with Crippen LogP contribution < -0.4 is 10.2 Å². The average Bonchev–Trinajstić information content (AvgIpc) is 2.41. The van der Waals surface area contributed by atoms with Crippen molar-refractivity contribution in [2.75, 3.05) is 12.5 Å². The third-order valence-electron chi connectivity index (χ3n) is 2.51. The molecule has 0 saturated heterocycles. The topological polar surface area (TPSA) is 33.6 Å². The number of nitrogens with one attached hydrogen (secondary N) is 1. The maximum Gasteiger partial charge on any atom is 0.151 e. The third kappa shape index (κ3) is 3.54. The Morgan fingerprint density at radius 3 is 2.70 bits per heavy atom. The van der Waals surface area contributed by atoms with Crippen LogP contribution >= 0.6 is 15.9 Å². The van der Waals surface area contributed by atoms with Gasteiger partial charge in [0.15, 0.2) is 5.82 Å². The van der Waals surface area contributed by atoms with Crippen molar-refractivity contribution in [3.05, 3.63) is 58.1 Å². The molecule has 0 atom stereocenters. The molecule has 0 aliphatic heterocycles. The zero-order valence-electron chi connectivity index (χ0n) is 10.5.